The molecule has 1 N–H and O–H groups in total. The minimum atomic E-state index is -0.359. The first-order valence-corrected chi connectivity index (χ1v) is 7.14. The van der Waals surface area contributed by atoms with Crippen molar-refractivity contribution in [1.82, 2.24) is 4.57 Å². The van der Waals surface area contributed by atoms with E-state index in [4.69, 9.17) is 0 Å². The van der Waals surface area contributed by atoms with E-state index in [1.807, 2.05) is 18.3 Å². The van der Waals surface area contributed by atoms with E-state index in [0.29, 0.717) is 12.1 Å². The highest BCUT2D eigenvalue weighted by Gasteiger charge is 2.14. The van der Waals surface area contributed by atoms with Gasteiger partial charge in [-0.2, -0.15) is 0 Å². The summed E-state index contributed by atoms with van der Waals surface area (Å²) in [4.78, 5) is 10.6. The number of nitro groups is 1. The van der Waals surface area contributed by atoms with Crippen molar-refractivity contribution < 1.29 is 4.92 Å². The Balaban J connectivity index is 2.21. The van der Waals surface area contributed by atoms with Crippen molar-refractivity contribution in [1.29, 1.82) is 0 Å². The zero-order valence-corrected chi connectivity index (χ0v) is 13.0. The summed E-state index contributed by atoms with van der Waals surface area (Å²) in [6, 6.07) is 7.36. The van der Waals surface area contributed by atoms with Crippen molar-refractivity contribution in [2.75, 3.05) is 5.32 Å². The van der Waals surface area contributed by atoms with Gasteiger partial charge in [0.2, 0.25) is 0 Å². The Hall–Kier alpha value is -1.82. The molecule has 0 bridgehead atoms. The van der Waals surface area contributed by atoms with Gasteiger partial charge in [0.1, 0.15) is 0 Å². The van der Waals surface area contributed by atoms with E-state index >= 15 is 0 Å². The largest absolute Gasteiger partial charge is 0.378 e. The van der Waals surface area contributed by atoms with Gasteiger partial charge in [0.25, 0.3) is 5.69 Å². The third-order valence-electron chi connectivity index (χ3n) is 3.21. The summed E-state index contributed by atoms with van der Waals surface area (Å²) < 4.78 is 2.96. The number of rotatable bonds is 5. The molecule has 5 nitrogen and oxygen atoms in total. The number of anilines is 1. The molecule has 6 heteroatoms. The fourth-order valence-corrected chi connectivity index (χ4v) is 2.70. The van der Waals surface area contributed by atoms with Crippen molar-refractivity contribution >= 4 is 27.3 Å². The van der Waals surface area contributed by atoms with Crippen LogP contribution in [0.2, 0.25) is 0 Å². The van der Waals surface area contributed by atoms with Crippen LogP contribution in [-0.4, -0.2) is 9.49 Å². The lowest BCUT2D eigenvalue weighted by molar-refractivity contribution is -0.385. The van der Waals surface area contributed by atoms with Crippen molar-refractivity contribution in [2.45, 2.75) is 26.9 Å². The van der Waals surface area contributed by atoms with Crippen LogP contribution in [0, 0.1) is 17.0 Å². The summed E-state index contributed by atoms with van der Waals surface area (Å²) in [6.45, 7) is 5.34. The fourth-order valence-electron chi connectivity index (χ4n) is 2.10. The number of nitrogens with one attached hydrogen (secondary N) is 1. The average molecular weight is 338 g/mol. The topological polar surface area (TPSA) is 60.1 Å². The maximum absolute atomic E-state index is 11.0. The lowest BCUT2D eigenvalue weighted by Crippen LogP contribution is -2.07. The van der Waals surface area contributed by atoms with Gasteiger partial charge in [-0.15, -0.1) is 0 Å². The van der Waals surface area contributed by atoms with E-state index < -0.39 is 0 Å². The van der Waals surface area contributed by atoms with E-state index in [9.17, 15) is 10.1 Å². The minimum absolute atomic E-state index is 0.126. The van der Waals surface area contributed by atoms with Crippen molar-refractivity contribution in [2.24, 2.45) is 0 Å². The number of aromatic nitrogens is 1. The third kappa shape index (κ3) is 3.01. The molecule has 0 amide bonds. The summed E-state index contributed by atoms with van der Waals surface area (Å²) in [7, 11) is 0. The molecule has 0 saturated heterocycles. The first-order valence-electron chi connectivity index (χ1n) is 6.35. The number of nitrogens with zero attached hydrogens (tertiary/aromatic N) is 2. The molecule has 1 aromatic heterocycles. The number of aryl methyl sites for hydroxylation is 2. The molecule has 0 spiro atoms. The average Bonchev–Trinajstić information content (AvgIpc) is 2.84. The van der Waals surface area contributed by atoms with Crippen LogP contribution in [0.3, 0.4) is 0 Å². The maximum atomic E-state index is 11.0. The molecule has 1 heterocycles. The molecule has 2 aromatic rings. The summed E-state index contributed by atoms with van der Waals surface area (Å²) in [5.41, 5.74) is 2.64. The first-order chi connectivity index (χ1) is 9.52. The molecule has 0 saturated carbocycles. The van der Waals surface area contributed by atoms with E-state index in [-0.39, 0.29) is 10.6 Å². The van der Waals surface area contributed by atoms with Gasteiger partial charge in [0.15, 0.2) is 0 Å². The van der Waals surface area contributed by atoms with Gasteiger partial charge < -0.3 is 9.88 Å². The standard InChI is InChI=1S/C14H16BrN3O2/c1-3-17-6-4-5-11(17)9-16-13-8-14(18(19)20)10(2)7-12(13)15/h4-8,16H,3,9H2,1-2H3. The molecule has 0 aliphatic carbocycles. The quantitative estimate of drug-likeness (QED) is 0.660. The Morgan fingerprint density at radius 1 is 1.45 bits per heavy atom. The molecule has 0 aliphatic heterocycles. The lowest BCUT2D eigenvalue weighted by atomic mass is 10.2. The minimum Gasteiger partial charge on any atom is -0.378 e. The van der Waals surface area contributed by atoms with Crippen molar-refractivity contribution in [3.8, 4) is 0 Å². The highest BCUT2D eigenvalue weighted by Crippen LogP contribution is 2.30. The van der Waals surface area contributed by atoms with Crippen molar-refractivity contribution in [3.05, 3.63) is 56.3 Å². The van der Waals surface area contributed by atoms with Crippen LogP contribution in [0.1, 0.15) is 18.2 Å². The van der Waals surface area contributed by atoms with Crippen LogP contribution in [0.4, 0.5) is 11.4 Å². The van der Waals surface area contributed by atoms with Crippen LogP contribution < -0.4 is 5.32 Å². The van der Waals surface area contributed by atoms with Crippen LogP contribution in [0.15, 0.2) is 34.9 Å². The molecular weight excluding hydrogens is 322 g/mol. The van der Waals surface area contributed by atoms with Crippen LogP contribution >= 0.6 is 15.9 Å². The van der Waals surface area contributed by atoms with Gasteiger partial charge in [-0.25, -0.2) is 0 Å². The molecule has 1 aromatic carbocycles. The maximum Gasteiger partial charge on any atom is 0.274 e. The monoisotopic (exact) mass is 337 g/mol. The van der Waals surface area contributed by atoms with E-state index in [2.05, 4.69) is 32.7 Å². The summed E-state index contributed by atoms with van der Waals surface area (Å²) >= 11 is 3.44. The second kappa shape index (κ2) is 6.09. The molecular formula is C14H16BrN3O2. The Kier molecular flexibility index (Phi) is 4.44. The predicted molar refractivity (Wildman–Crippen MR) is 83.0 cm³/mol. The van der Waals surface area contributed by atoms with E-state index in [1.165, 1.54) is 0 Å². The predicted octanol–water partition coefficient (Wildman–Crippen LogP) is 4.10. The van der Waals surface area contributed by atoms with Gasteiger partial charge in [0.05, 0.1) is 17.2 Å². The highest BCUT2D eigenvalue weighted by atomic mass is 79.9. The third-order valence-corrected chi connectivity index (χ3v) is 3.86. The van der Waals surface area contributed by atoms with Gasteiger partial charge in [0, 0.05) is 34.5 Å². The molecule has 0 atom stereocenters. The smallest absolute Gasteiger partial charge is 0.274 e. The van der Waals surface area contributed by atoms with Gasteiger partial charge >= 0.3 is 0 Å². The molecule has 106 valence electrons. The second-order valence-corrected chi connectivity index (χ2v) is 5.37. The fraction of sp³-hybridized carbons (Fsp3) is 0.286. The summed E-state index contributed by atoms with van der Waals surface area (Å²) in [6.07, 6.45) is 2.02. The number of hydrogen-bond donors (Lipinski definition) is 1. The normalized spacial score (nSPS) is 10.6. The van der Waals surface area contributed by atoms with Gasteiger partial charge in [-0.1, -0.05) is 0 Å². The molecule has 0 unspecified atom stereocenters. The second-order valence-electron chi connectivity index (χ2n) is 4.51. The Labute approximate surface area is 125 Å². The number of benzene rings is 1. The van der Waals surface area contributed by atoms with Crippen LogP contribution in [0.5, 0.6) is 0 Å². The molecule has 0 radical (unpaired) electrons. The van der Waals surface area contributed by atoms with E-state index in [1.54, 1.807) is 19.1 Å². The Morgan fingerprint density at radius 2 is 2.20 bits per heavy atom. The SMILES string of the molecule is CCn1cccc1CNc1cc([N+](=O)[O-])c(C)cc1Br. The molecule has 0 fully saturated rings. The van der Waals surface area contributed by atoms with Gasteiger partial charge in [-0.05, 0) is 48.0 Å². The highest BCUT2D eigenvalue weighted by molar-refractivity contribution is 9.10. The molecule has 20 heavy (non-hydrogen) atoms. The van der Waals surface area contributed by atoms with Crippen LogP contribution in [-0.2, 0) is 13.1 Å². The molecule has 0 aliphatic rings. The number of halogens is 1. The van der Waals surface area contributed by atoms with Gasteiger partial charge in [-0.3, -0.25) is 10.1 Å². The molecule has 2 rings (SSSR count). The first kappa shape index (κ1) is 14.6. The Morgan fingerprint density at radius 3 is 2.85 bits per heavy atom. The number of hydrogen-bond acceptors (Lipinski definition) is 3. The van der Waals surface area contributed by atoms with E-state index in [0.717, 1.165) is 22.4 Å². The Bertz CT molecular complexity index is 637. The lowest BCUT2D eigenvalue weighted by Gasteiger charge is -2.11. The number of nitro benzene ring substituents is 1. The van der Waals surface area contributed by atoms with Crippen molar-refractivity contribution in [3.63, 3.8) is 0 Å². The van der Waals surface area contributed by atoms with Crippen LogP contribution in [0.25, 0.3) is 0 Å². The summed E-state index contributed by atoms with van der Waals surface area (Å²) in [5, 5.41) is 14.2. The zero-order valence-electron chi connectivity index (χ0n) is 11.4. The summed E-state index contributed by atoms with van der Waals surface area (Å²) in [5.74, 6) is 0. The zero-order chi connectivity index (χ0) is 14.7.